The van der Waals surface area contributed by atoms with Crippen molar-refractivity contribution in [3.05, 3.63) is 64.4 Å². The summed E-state index contributed by atoms with van der Waals surface area (Å²) in [5.74, 6) is -0.193. The molecule has 0 bridgehead atoms. The predicted molar refractivity (Wildman–Crippen MR) is 106 cm³/mol. The third-order valence-corrected chi connectivity index (χ3v) is 5.17. The number of halogens is 2. The fourth-order valence-corrected chi connectivity index (χ4v) is 3.31. The van der Waals surface area contributed by atoms with Crippen LogP contribution in [0.1, 0.15) is 11.1 Å². The number of anilines is 1. The van der Waals surface area contributed by atoms with Gasteiger partial charge in [0.15, 0.2) is 5.11 Å². The zero-order chi connectivity index (χ0) is 17.8. The van der Waals surface area contributed by atoms with Gasteiger partial charge in [0.1, 0.15) is 5.82 Å². The molecular weight excluding hydrogens is 357 g/mol. The van der Waals surface area contributed by atoms with Crippen LogP contribution in [0.2, 0.25) is 5.02 Å². The molecular formula is C19H21ClFN3S. The molecule has 1 aliphatic heterocycles. The number of aryl methyl sites for hydroxylation is 1. The highest BCUT2D eigenvalue weighted by Gasteiger charge is 2.19. The molecule has 3 rings (SSSR count). The molecule has 1 N–H and O–H groups in total. The van der Waals surface area contributed by atoms with Crippen molar-refractivity contribution >= 4 is 34.6 Å². The summed E-state index contributed by atoms with van der Waals surface area (Å²) in [6.07, 6.45) is 0. The first-order valence-electron chi connectivity index (χ1n) is 8.30. The number of thiocarbonyl (C=S) groups is 1. The van der Waals surface area contributed by atoms with Gasteiger partial charge in [-0.05, 0) is 54.5 Å². The van der Waals surface area contributed by atoms with Gasteiger partial charge in [0.25, 0.3) is 0 Å². The van der Waals surface area contributed by atoms with E-state index in [1.807, 2.05) is 37.3 Å². The molecule has 3 nitrogen and oxygen atoms in total. The Labute approximate surface area is 158 Å². The lowest BCUT2D eigenvalue weighted by atomic mass is 10.2. The molecule has 1 heterocycles. The van der Waals surface area contributed by atoms with Gasteiger partial charge in [-0.1, -0.05) is 29.8 Å². The van der Waals surface area contributed by atoms with Crippen molar-refractivity contribution in [3.8, 4) is 0 Å². The summed E-state index contributed by atoms with van der Waals surface area (Å²) in [6.45, 7) is 6.40. The summed E-state index contributed by atoms with van der Waals surface area (Å²) >= 11 is 11.7. The van der Waals surface area contributed by atoms with Gasteiger partial charge in [0.2, 0.25) is 0 Å². The molecule has 1 fully saturated rings. The zero-order valence-electron chi connectivity index (χ0n) is 14.1. The lowest BCUT2D eigenvalue weighted by Crippen LogP contribution is -2.49. The lowest BCUT2D eigenvalue weighted by Gasteiger charge is -2.36. The van der Waals surface area contributed by atoms with Gasteiger partial charge in [0.05, 0.1) is 0 Å². The van der Waals surface area contributed by atoms with E-state index in [1.165, 1.54) is 12.1 Å². The molecule has 132 valence electrons. The maximum Gasteiger partial charge on any atom is 0.173 e. The predicted octanol–water partition coefficient (Wildman–Crippen LogP) is 4.30. The average molecular weight is 378 g/mol. The molecule has 0 atom stereocenters. The normalized spacial score (nSPS) is 15.2. The quantitative estimate of drug-likeness (QED) is 0.803. The van der Waals surface area contributed by atoms with Crippen LogP contribution in [0, 0.1) is 12.7 Å². The number of benzene rings is 2. The fourth-order valence-electron chi connectivity index (χ4n) is 2.83. The smallest absolute Gasteiger partial charge is 0.173 e. The van der Waals surface area contributed by atoms with Gasteiger partial charge >= 0.3 is 0 Å². The lowest BCUT2D eigenvalue weighted by molar-refractivity contribution is 0.177. The summed E-state index contributed by atoms with van der Waals surface area (Å²) in [6, 6.07) is 12.6. The zero-order valence-corrected chi connectivity index (χ0v) is 15.7. The van der Waals surface area contributed by atoms with Crippen LogP contribution in [0.25, 0.3) is 0 Å². The average Bonchev–Trinajstić information content (AvgIpc) is 2.61. The topological polar surface area (TPSA) is 18.5 Å². The van der Waals surface area contributed by atoms with Crippen molar-refractivity contribution < 1.29 is 4.39 Å². The largest absolute Gasteiger partial charge is 0.346 e. The van der Waals surface area contributed by atoms with Crippen molar-refractivity contribution in [1.29, 1.82) is 0 Å². The molecule has 2 aromatic rings. The molecule has 0 spiro atoms. The number of nitrogens with one attached hydrogen (secondary N) is 1. The Bertz CT molecular complexity index is 743. The van der Waals surface area contributed by atoms with Gasteiger partial charge in [-0.3, -0.25) is 4.90 Å². The Balaban J connectivity index is 1.50. The SMILES string of the molecule is Cc1ccc(NC(=S)N2CCN(Cc3ccc(F)cc3)CC2)cc1Cl. The van der Waals surface area contributed by atoms with E-state index >= 15 is 0 Å². The molecule has 0 amide bonds. The van der Waals surface area contributed by atoms with E-state index in [1.54, 1.807) is 0 Å². The van der Waals surface area contributed by atoms with Crippen LogP contribution >= 0.6 is 23.8 Å². The molecule has 2 aromatic carbocycles. The first-order chi connectivity index (χ1) is 12.0. The van der Waals surface area contributed by atoms with Crippen molar-refractivity contribution in [1.82, 2.24) is 9.80 Å². The monoisotopic (exact) mass is 377 g/mol. The Morgan fingerprint density at radius 1 is 1.12 bits per heavy atom. The van der Waals surface area contributed by atoms with E-state index in [0.29, 0.717) is 0 Å². The number of rotatable bonds is 3. The molecule has 0 unspecified atom stereocenters. The summed E-state index contributed by atoms with van der Waals surface area (Å²) < 4.78 is 13.0. The molecule has 1 saturated heterocycles. The Morgan fingerprint density at radius 3 is 2.44 bits per heavy atom. The number of hydrogen-bond acceptors (Lipinski definition) is 2. The minimum Gasteiger partial charge on any atom is -0.346 e. The molecule has 0 aliphatic carbocycles. The summed E-state index contributed by atoms with van der Waals surface area (Å²) in [5, 5.41) is 4.72. The third kappa shape index (κ3) is 4.91. The molecule has 1 aliphatic rings. The van der Waals surface area contributed by atoms with E-state index in [-0.39, 0.29) is 5.82 Å². The van der Waals surface area contributed by atoms with Crippen LogP contribution in [0.5, 0.6) is 0 Å². The Kier molecular flexibility index (Phi) is 5.89. The van der Waals surface area contributed by atoms with E-state index in [4.69, 9.17) is 23.8 Å². The minimum atomic E-state index is -0.193. The molecule has 6 heteroatoms. The summed E-state index contributed by atoms with van der Waals surface area (Å²) in [7, 11) is 0. The second-order valence-electron chi connectivity index (χ2n) is 6.28. The van der Waals surface area contributed by atoms with Gasteiger partial charge in [-0.25, -0.2) is 4.39 Å². The van der Waals surface area contributed by atoms with Gasteiger partial charge in [-0.2, -0.15) is 0 Å². The van der Waals surface area contributed by atoms with Gasteiger partial charge in [0, 0.05) is 43.4 Å². The standard InChI is InChI=1S/C19H21ClFN3S/c1-14-2-7-17(12-18(14)20)22-19(25)24-10-8-23(9-11-24)13-15-3-5-16(21)6-4-15/h2-7,12H,8-11,13H2,1H3,(H,22,25). The highest BCUT2D eigenvalue weighted by molar-refractivity contribution is 7.80. The van der Waals surface area contributed by atoms with Crippen LogP contribution in [0.4, 0.5) is 10.1 Å². The van der Waals surface area contributed by atoms with Gasteiger partial charge in [-0.15, -0.1) is 0 Å². The van der Waals surface area contributed by atoms with E-state index < -0.39 is 0 Å². The van der Waals surface area contributed by atoms with E-state index in [2.05, 4.69) is 15.1 Å². The Morgan fingerprint density at radius 2 is 1.80 bits per heavy atom. The third-order valence-electron chi connectivity index (χ3n) is 4.40. The second-order valence-corrected chi connectivity index (χ2v) is 7.08. The highest BCUT2D eigenvalue weighted by Crippen LogP contribution is 2.20. The maximum atomic E-state index is 13.0. The second kappa shape index (κ2) is 8.13. The number of nitrogens with zero attached hydrogens (tertiary/aromatic N) is 2. The van der Waals surface area contributed by atoms with Crippen LogP contribution in [0.3, 0.4) is 0 Å². The number of piperazine rings is 1. The van der Waals surface area contributed by atoms with Gasteiger partial charge < -0.3 is 10.2 Å². The minimum absolute atomic E-state index is 0.193. The maximum absolute atomic E-state index is 13.0. The first-order valence-corrected chi connectivity index (χ1v) is 9.09. The highest BCUT2D eigenvalue weighted by atomic mass is 35.5. The van der Waals surface area contributed by atoms with Crippen molar-refractivity contribution in [3.63, 3.8) is 0 Å². The molecule has 0 radical (unpaired) electrons. The van der Waals surface area contributed by atoms with Crippen LogP contribution < -0.4 is 5.32 Å². The fraction of sp³-hybridized carbons (Fsp3) is 0.316. The summed E-state index contributed by atoms with van der Waals surface area (Å²) in [5.41, 5.74) is 3.09. The van der Waals surface area contributed by atoms with Crippen molar-refractivity contribution in [2.45, 2.75) is 13.5 Å². The van der Waals surface area contributed by atoms with Crippen LogP contribution in [-0.4, -0.2) is 41.1 Å². The molecule has 0 aromatic heterocycles. The van der Waals surface area contributed by atoms with E-state index in [0.717, 1.165) is 59.7 Å². The van der Waals surface area contributed by atoms with E-state index in [9.17, 15) is 4.39 Å². The van der Waals surface area contributed by atoms with Crippen molar-refractivity contribution in [2.75, 3.05) is 31.5 Å². The van der Waals surface area contributed by atoms with Crippen LogP contribution in [-0.2, 0) is 6.54 Å². The molecule has 0 saturated carbocycles. The van der Waals surface area contributed by atoms with Crippen LogP contribution in [0.15, 0.2) is 42.5 Å². The first kappa shape index (κ1) is 18.1. The Hall–Kier alpha value is -1.69. The summed E-state index contributed by atoms with van der Waals surface area (Å²) in [4.78, 5) is 4.53. The molecule has 25 heavy (non-hydrogen) atoms. The van der Waals surface area contributed by atoms with Crippen molar-refractivity contribution in [2.24, 2.45) is 0 Å². The number of hydrogen-bond donors (Lipinski definition) is 1.